The van der Waals surface area contributed by atoms with E-state index in [1.807, 2.05) is 18.2 Å². The second-order valence-electron chi connectivity index (χ2n) is 3.93. The number of thioether (sulfide) groups is 1. The lowest BCUT2D eigenvalue weighted by Crippen LogP contribution is -2.01. The molecular formula is C15H16FNOS. The molecule has 0 atom stereocenters. The van der Waals surface area contributed by atoms with Crippen molar-refractivity contribution < 1.29 is 9.13 Å². The van der Waals surface area contributed by atoms with Crippen molar-refractivity contribution in [3.8, 4) is 11.5 Å². The number of hydrogen-bond donors (Lipinski definition) is 1. The first kappa shape index (κ1) is 13.9. The van der Waals surface area contributed by atoms with Gasteiger partial charge in [0, 0.05) is 17.0 Å². The van der Waals surface area contributed by atoms with Gasteiger partial charge in [-0.25, -0.2) is 4.39 Å². The molecule has 2 aromatic rings. The van der Waals surface area contributed by atoms with Crippen molar-refractivity contribution >= 4 is 11.8 Å². The maximum absolute atomic E-state index is 12.9. The zero-order valence-electron chi connectivity index (χ0n) is 10.7. The summed E-state index contributed by atoms with van der Waals surface area (Å²) in [6.07, 6.45) is 0. The molecule has 2 aromatic carbocycles. The summed E-state index contributed by atoms with van der Waals surface area (Å²) in [4.78, 5) is 1.13. The smallest absolute Gasteiger partial charge is 0.133 e. The molecule has 0 heterocycles. The Kier molecular flexibility index (Phi) is 4.82. The molecule has 0 bridgehead atoms. The van der Waals surface area contributed by atoms with Crippen LogP contribution in [0.3, 0.4) is 0 Å². The monoisotopic (exact) mass is 277 g/mol. The van der Waals surface area contributed by atoms with Crippen molar-refractivity contribution in [1.82, 2.24) is 0 Å². The molecule has 2 N–H and O–H groups in total. The molecule has 0 aromatic heterocycles. The Labute approximate surface area is 116 Å². The Morgan fingerprint density at radius 1 is 1.16 bits per heavy atom. The van der Waals surface area contributed by atoms with Crippen LogP contribution in [-0.4, -0.2) is 5.75 Å². The van der Waals surface area contributed by atoms with Gasteiger partial charge in [-0.2, -0.15) is 0 Å². The maximum Gasteiger partial charge on any atom is 0.133 e. The van der Waals surface area contributed by atoms with Crippen LogP contribution in [-0.2, 0) is 6.54 Å². The maximum atomic E-state index is 12.9. The highest BCUT2D eigenvalue weighted by Crippen LogP contribution is 2.32. The first-order valence-electron chi connectivity index (χ1n) is 6.12. The van der Waals surface area contributed by atoms with Gasteiger partial charge >= 0.3 is 0 Å². The number of nitrogens with two attached hydrogens (primary N) is 1. The summed E-state index contributed by atoms with van der Waals surface area (Å²) in [5.74, 6) is 2.04. The van der Waals surface area contributed by atoms with Gasteiger partial charge in [-0.3, -0.25) is 0 Å². The summed E-state index contributed by atoms with van der Waals surface area (Å²) in [5.41, 5.74) is 6.79. The molecule has 19 heavy (non-hydrogen) atoms. The third-order valence-electron chi connectivity index (χ3n) is 2.64. The predicted octanol–water partition coefficient (Wildman–Crippen LogP) is 4.19. The summed E-state index contributed by atoms with van der Waals surface area (Å²) in [6.45, 7) is 2.51. The second kappa shape index (κ2) is 6.59. The third-order valence-corrected chi connectivity index (χ3v) is 3.62. The second-order valence-corrected chi connectivity index (χ2v) is 5.23. The minimum absolute atomic E-state index is 0.276. The van der Waals surface area contributed by atoms with Crippen molar-refractivity contribution in [3.63, 3.8) is 0 Å². The third kappa shape index (κ3) is 3.49. The highest BCUT2D eigenvalue weighted by atomic mass is 32.2. The minimum Gasteiger partial charge on any atom is -0.457 e. The number of hydrogen-bond acceptors (Lipinski definition) is 3. The van der Waals surface area contributed by atoms with E-state index < -0.39 is 0 Å². The molecule has 0 aliphatic rings. The Balaban J connectivity index is 2.28. The van der Waals surface area contributed by atoms with Gasteiger partial charge < -0.3 is 10.5 Å². The highest BCUT2D eigenvalue weighted by Gasteiger charge is 2.09. The average molecular weight is 277 g/mol. The van der Waals surface area contributed by atoms with Crippen LogP contribution in [0.1, 0.15) is 12.5 Å². The molecule has 0 fully saturated rings. The van der Waals surface area contributed by atoms with E-state index in [4.69, 9.17) is 10.5 Å². The number of ether oxygens (including phenoxy) is 1. The van der Waals surface area contributed by atoms with Crippen LogP contribution in [0.25, 0.3) is 0 Å². The van der Waals surface area contributed by atoms with Gasteiger partial charge in [-0.1, -0.05) is 13.0 Å². The number of rotatable bonds is 5. The Morgan fingerprint density at radius 3 is 2.53 bits per heavy atom. The van der Waals surface area contributed by atoms with Crippen molar-refractivity contribution in [2.45, 2.75) is 18.4 Å². The van der Waals surface area contributed by atoms with E-state index in [-0.39, 0.29) is 5.82 Å². The van der Waals surface area contributed by atoms with Gasteiger partial charge in [0.1, 0.15) is 17.3 Å². The normalized spacial score (nSPS) is 10.5. The van der Waals surface area contributed by atoms with Gasteiger partial charge in [0.25, 0.3) is 0 Å². The molecule has 0 unspecified atom stereocenters. The first-order chi connectivity index (χ1) is 9.24. The molecule has 2 rings (SSSR count). The molecule has 2 nitrogen and oxygen atoms in total. The zero-order valence-corrected chi connectivity index (χ0v) is 11.5. The summed E-state index contributed by atoms with van der Waals surface area (Å²) in [6, 6.07) is 11.8. The molecule has 0 saturated heterocycles. The SMILES string of the molecule is CCSc1cccc(Oc2ccc(F)cc2)c1CN. The molecule has 0 radical (unpaired) electrons. The van der Waals surface area contributed by atoms with Gasteiger partial charge in [0.2, 0.25) is 0 Å². The summed E-state index contributed by atoms with van der Waals surface area (Å²) >= 11 is 1.73. The molecular weight excluding hydrogens is 261 g/mol. The fraction of sp³-hybridized carbons (Fsp3) is 0.200. The lowest BCUT2D eigenvalue weighted by molar-refractivity contribution is 0.472. The van der Waals surface area contributed by atoms with Crippen LogP contribution in [0.4, 0.5) is 4.39 Å². The lowest BCUT2D eigenvalue weighted by Gasteiger charge is -2.13. The van der Waals surface area contributed by atoms with Gasteiger partial charge in [0.15, 0.2) is 0 Å². The van der Waals surface area contributed by atoms with E-state index in [0.717, 1.165) is 22.0 Å². The van der Waals surface area contributed by atoms with E-state index in [1.165, 1.54) is 12.1 Å². The van der Waals surface area contributed by atoms with Crippen molar-refractivity contribution in [2.24, 2.45) is 5.73 Å². The minimum atomic E-state index is -0.276. The molecule has 4 heteroatoms. The molecule has 0 saturated carbocycles. The zero-order chi connectivity index (χ0) is 13.7. The van der Waals surface area contributed by atoms with Crippen molar-refractivity contribution in [3.05, 3.63) is 53.8 Å². The molecule has 0 aliphatic carbocycles. The van der Waals surface area contributed by atoms with E-state index in [1.54, 1.807) is 23.9 Å². The van der Waals surface area contributed by atoms with Gasteiger partial charge in [0.05, 0.1) is 0 Å². The summed E-state index contributed by atoms with van der Waals surface area (Å²) in [5, 5.41) is 0. The topological polar surface area (TPSA) is 35.2 Å². The first-order valence-corrected chi connectivity index (χ1v) is 7.11. The summed E-state index contributed by atoms with van der Waals surface area (Å²) < 4.78 is 18.6. The van der Waals surface area contributed by atoms with Gasteiger partial charge in [-0.05, 0) is 42.2 Å². The van der Waals surface area contributed by atoms with Crippen molar-refractivity contribution in [2.75, 3.05) is 5.75 Å². The predicted molar refractivity (Wildman–Crippen MR) is 77.2 cm³/mol. The van der Waals surface area contributed by atoms with Crippen LogP contribution in [0.2, 0.25) is 0 Å². The Hall–Kier alpha value is -1.52. The number of halogens is 1. The van der Waals surface area contributed by atoms with E-state index >= 15 is 0 Å². The largest absolute Gasteiger partial charge is 0.457 e. The molecule has 0 amide bonds. The fourth-order valence-electron chi connectivity index (χ4n) is 1.76. The quantitative estimate of drug-likeness (QED) is 0.832. The molecule has 100 valence electrons. The van der Waals surface area contributed by atoms with E-state index in [0.29, 0.717) is 12.3 Å². The van der Waals surface area contributed by atoms with Crippen LogP contribution >= 0.6 is 11.8 Å². The number of benzene rings is 2. The van der Waals surface area contributed by atoms with Gasteiger partial charge in [-0.15, -0.1) is 11.8 Å². The standard InChI is InChI=1S/C15H16FNOS/c1-2-19-15-5-3-4-14(13(15)10-17)18-12-8-6-11(16)7-9-12/h3-9H,2,10,17H2,1H3. The fourth-order valence-corrected chi connectivity index (χ4v) is 2.61. The van der Waals surface area contributed by atoms with E-state index in [2.05, 4.69) is 6.92 Å². The lowest BCUT2D eigenvalue weighted by atomic mass is 10.2. The Bertz CT molecular complexity index is 542. The van der Waals surface area contributed by atoms with Crippen molar-refractivity contribution in [1.29, 1.82) is 0 Å². The average Bonchev–Trinajstić information content (AvgIpc) is 2.42. The molecule has 0 aliphatic heterocycles. The molecule has 0 spiro atoms. The van der Waals surface area contributed by atoms with Crippen LogP contribution < -0.4 is 10.5 Å². The van der Waals surface area contributed by atoms with Crippen LogP contribution in [0, 0.1) is 5.82 Å². The Morgan fingerprint density at radius 2 is 1.89 bits per heavy atom. The highest BCUT2D eigenvalue weighted by molar-refractivity contribution is 7.99. The van der Waals surface area contributed by atoms with Crippen LogP contribution in [0.5, 0.6) is 11.5 Å². The van der Waals surface area contributed by atoms with Crippen LogP contribution in [0.15, 0.2) is 47.4 Å². The van der Waals surface area contributed by atoms with E-state index in [9.17, 15) is 4.39 Å². The summed E-state index contributed by atoms with van der Waals surface area (Å²) in [7, 11) is 0.